The van der Waals surface area contributed by atoms with Crippen LogP contribution >= 0.6 is 0 Å². The van der Waals surface area contributed by atoms with Crippen molar-refractivity contribution in [2.45, 2.75) is 32.1 Å². The molecule has 0 amide bonds. The molecule has 0 aliphatic heterocycles. The number of aromatic nitrogens is 3. The second kappa shape index (κ2) is 5.75. The largest absolute Gasteiger partial charge is 0.330 e. The number of nitrogens with two attached hydrogens (primary N) is 1. The fourth-order valence-electron chi connectivity index (χ4n) is 3.35. The van der Waals surface area contributed by atoms with E-state index in [9.17, 15) is 0 Å². The Kier molecular flexibility index (Phi) is 3.83. The molecule has 20 heavy (non-hydrogen) atoms. The summed E-state index contributed by atoms with van der Waals surface area (Å²) in [6.07, 6.45) is 5.59. The maximum atomic E-state index is 5.98. The van der Waals surface area contributed by atoms with Crippen molar-refractivity contribution < 1.29 is 0 Å². The molecule has 3 unspecified atom stereocenters. The summed E-state index contributed by atoms with van der Waals surface area (Å²) in [5.41, 5.74) is 8.27. The van der Waals surface area contributed by atoms with Crippen molar-refractivity contribution in [3.63, 3.8) is 0 Å². The third kappa shape index (κ3) is 2.48. The van der Waals surface area contributed by atoms with E-state index in [1.54, 1.807) is 0 Å². The number of hydrogen-bond acceptors (Lipinski definition) is 3. The standard InChI is InChI=1S/C16H22N4/c1-12-7-8-13(10-17)15(9-12)16-11-18-19-20(16)14-5-3-2-4-6-14/h2-6,11-13,15H,7-10,17H2,1H3. The van der Waals surface area contributed by atoms with Gasteiger partial charge in [-0.2, -0.15) is 0 Å². The molecule has 4 heteroatoms. The van der Waals surface area contributed by atoms with E-state index in [0.717, 1.165) is 18.2 Å². The SMILES string of the molecule is CC1CCC(CN)C(c2cnnn2-c2ccccc2)C1. The van der Waals surface area contributed by atoms with Gasteiger partial charge in [-0.15, -0.1) is 5.10 Å². The van der Waals surface area contributed by atoms with Crippen LogP contribution in [0.3, 0.4) is 0 Å². The van der Waals surface area contributed by atoms with E-state index in [-0.39, 0.29) is 0 Å². The fourth-order valence-corrected chi connectivity index (χ4v) is 3.35. The second-order valence-corrected chi connectivity index (χ2v) is 5.93. The Morgan fingerprint density at radius 3 is 2.80 bits per heavy atom. The molecule has 106 valence electrons. The summed E-state index contributed by atoms with van der Waals surface area (Å²) in [4.78, 5) is 0. The number of hydrogen-bond donors (Lipinski definition) is 1. The zero-order valence-electron chi connectivity index (χ0n) is 11.9. The number of rotatable bonds is 3. The van der Waals surface area contributed by atoms with Crippen molar-refractivity contribution in [2.24, 2.45) is 17.6 Å². The van der Waals surface area contributed by atoms with Crippen molar-refractivity contribution in [2.75, 3.05) is 6.54 Å². The molecule has 4 nitrogen and oxygen atoms in total. The van der Waals surface area contributed by atoms with Crippen molar-refractivity contribution in [1.29, 1.82) is 0 Å². The topological polar surface area (TPSA) is 56.7 Å². The highest BCUT2D eigenvalue weighted by Gasteiger charge is 2.31. The van der Waals surface area contributed by atoms with Gasteiger partial charge in [0.2, 0.25) is 0 Å². The molecule has 2 N–H and O–H groups in total. The van der Waals surface area contributed by atoms with Crippen LogP contribution in [-0.2, 0) is 0 Å². The van der Waals surface area contributed by atoms with Gasteiger partial charge in [0.25, 0.3) is 0 Å². The normalized spacial score (nSPS) is 26.6. The zero-order chi connectivity index (χ0) is 13.9. The summed E-state index contributed by atoms with van der Waals surface area (Å²) >= 11 is 0. The van der Waals surface area contributed by atoms with Gasteiger partial charge >= 0.3 is 0 Å². The molecule has 1 aliphatic carbocycles. The van der Waals surface area contributed by atoms with Crippen molar-refractivity contribution in [3.8, 4) is 5.69 Å². The summed E-state index contributed by atoms with van der Waals surface area (Å²) in [7, 11) is 0. The Hall–Kier alpha value is -1.68. The van der Waals surface area contributed by atoms with Gasteiger partial charge in [0.15, 0.2) is 0 Å². The Bertz CT molecular complexity index is 549. The Labute approximate surface area is 120 Å². The van der Waals surface area contributed by atoms with Gasteiger partial charge in [-0.1, -0.05) is 36.8 Å². The van der Waals surface area contributed by atoms with Crippen LogP contribution in [0.15, 0.2) is 36.5 Å². The molecule has 1 aromatic heterocycles. The zero-order valence-corrected chi connectivity index (χ0v) is 11.9. The molecule has 1 aliphatic rings. The summed E-state index contributed by atoms with van der Waals surface area (Å²) in [5.74, 6) is 1.77. The minimum Gasteiger partial charge on any atom is -0.330 e. The van der Waals surface area contributed by atoms with E-state index in [2.05, 4.69) is 29.4 Å². The van der Waals surface area contributed by atoms with Gasteiger partial charge in [0, 0.05) is 5.92 Å². The minimum absolute atomic E-state index is 0.471. The molecule has 1 aromatic carbocycles. The third-order valence-corrected chi connectivity index (χ3v) is 4.51. The Morgan fingerprint density at radius 2 is 2.05 bits per heavy atom. The summed E-state index contributed by atoms with van der Waals surface area (Å²) in [6, 6.07) is 10.2. The first-order valence-corrected chi connectivity index (χ1v) is 7.45. The molecular weight excluding hydrogens is 248 g/mol. The van der Waals surface area contributed by atoms with E-state index in [1.165, 1.54) is 25.0 Å². The maximum absolute atomic E-state index is 5.98. The van der Waals surface area contributed by atoms with E-state index < -0.39 is 0 Å². The Morgan fingerprint density at radius 1 is 1.25 bits per heavy atom. The van der Waals surface area contributed by atoms with Crippen LogP contribution in [0.2, 0.25) is 0 Å². The summed E-state index contributed by atoms with van der Waals surface area (Å²) in [5, 5.41) is 8.42. The van der Waals surface area contributed by atoms with Gasteiger partial charge in [0.05, 0.1) is 17.6 Å². The maximum Gasteiger partial charge on any atom is 0.0732 e. The van der Waals surface area contributed by atoms with Crippen LogP contribution in [-0.4, -0.2) is 21.5 Å². The van der Waals surface area contributed by atoms with Gasteiger partial charge < -0.3 is 5.73 Å². The first-order valence-electron chi connectivity index (χ1n) is 7.45. The van der Waals surface area contributed by atoms with E-state index in [4.69, 9.17) is 5.73 Å². The van der Waals surface area contributed by atoms with Gasteiger partial charge in [0.1, 0.15) is 0 Å². The van der Waals surface area contributed by atoms with E-state index in [1.807, 2.05) is 29.1 Å². The van der Waals surface area contributed by atoms with E-state index >= 15 is 0 Å². The first kappa shape index (κ1) is 13.3. The van der Waals surface area contributed by atoms with Gasteiger partial charge in [-0.3, -0.25) is 0 Å². The smallest absolute Gasteiger partial charge is 0.0732 e. The molecule has 1 fully saturated rings. The molecule has 2 aromatic rings. The number of benzene rings is 1. The van der Waals surface area contributed by atoms with Gasteiger partial charge in [-0.25, -0.2) is 4.68 Å². The molecule has 0 spiro atoms. The molecule has 3 rings (SSSR count). The van der Waals surface area contributed by atoms with Crippen LogP contribution in [0.25, 0.3) is 5.69 Å². The first-order chi connectivity index (χ1) is 9.79. The number of nitrogens with zero attached hydrogens (tertiary/aromatic N) is 3. The predicted molar refractivity (Wildman–Crippen MR) is 79.7 cm³/mol. The minimum atomic E-state index is 0.471. The second-order valence-electron chi connectivity index (χ2n) is 5.93. The Balaban J connectivity index is 1.96. The van der Waals surface area contributed by atoms with Crippen LogP contribution in [0, 0.1) is 11.8 Å². The molecule has 3 atom stereocenters. The molecule has 0 radical (unpaired) electrons. The van der Waals surface area contributed by atoms with Crippen LogP contribution < -0.4 is 5.73 Å². The lowest BCUT2D eigenvalue weighted by atomic mass is 9.73. The molecule has 0 bridgehead atoms. The predicted octanol–water partition coefficient (Wildman–Crippen LogP) is 2.75. The lowest BCUT2D eigenvalue weighted by Gasteiger charge is -2.34. The lowest BCUT2D eigenvalue weighted by Crippen LogP contribution is -2.29. The molecule has 1 saturated carbocycles. The lowest BCUT2D eigenvalue weighted by molar-refractivity contribution is 0.247. The third-order valence-electron chi connectivity index (χ3n) is 4.51. The average molecular weight is 270 g/mol. The quantitative estimate of drug-likeness (QED) is 0.933. The van der Waals surface area contributed by atoms with Crippen molar-refractivity contribution in [3.05, 3.63) is 42.2 Å². The fraction of sp³-hybridized carbons (Fsp3) is 0.500. The summed E-state index contributed by atoms with van der Waals surface area (Å²) < 4.78 is 1.98. The monoisotopic (exact) mass is 270 g/mol. The highest BCUT2D eigenvalue weighted by atomic mass is 15.4. The molecular formula is C16H22N4. The average Bonchev–Trinajstić information content (AvgIpc) is 2.97. The van der Waals surface area contributed by atoms with Crippen LogP contribution in [0.4, 0.5) is 0 Å². The molecule has 1 heterocycles. The highest BCUT2D eigenvalue weighted by Crippen LogP contribution is 2.40. The molecule has 0 saturated heterocycles. The van der Waals surface area contributed by atoms with Crippen LogP contribution in [0.1, 0.15) is 37.8 Å². The highest BCUT2D eigenvalue weighted by molar-refractivity contribution is 5.32. The van der Waals surface area contributed by atoms with Crippen molar-refractivity contribution >= 4 is 0 Å². The van der Waals surface area contributed by atoms with E-state index in [0.29, 0.717) is 11.8 Å². The van der Waals surface area contributed by atoms with Crippen LogP contribution in [0.5, 0.6) is 0 Å². The number of para-hydroxylation sites is 1. The van der Waals surface area contributed by atoms with Crippen molar-refractivity contribution in [1.82, 2.24) is 15.0 Å². The van der Waals surface area contributed by atoms with Gasteiger partial charge in [-0.05, 0) is 43.4 Å². The summed E-state index contributed by atoms with van der Waals surface area (Å²) in [6.45, 7) is 3.08.